The molecule has 2 aliphatic heterocycles. The Kier molecular flexibility index (Phi) is 4.75. The molecule has 4 rings (SSSR count). The number of amides is 2. The summed E-state index contributed by atoms with van der Waals surface area (Å²) in [6.07, 6.45) is 4.36. The molecule has 0 aromatic carbocycles. The van der Waals surface area contributed by atoms with Crippen LogP contribution in [0.2, 0.25) is 0 Å². The number of hydrogen-bond acceptors (Lipinski definition) is 8. The number of piperazine rings is 1. The van der Waals surface area contributed by atoms with Crippen molar-refractivity contribution in [3.63, 3.8) is 0 Å². The minimum Gasteiger partial charge on any atom is -0.301 e. The van der Waals surface area contributed by atoms with Gasteiger partial charge in [-0.1, -0.05) is 0 Å². The average Bonchev–Trinajstić information content (AvgIpc) is 3.32. The number of anilines is 2. The molecule has 0 aliphatic carbocycles. The van der Waals surface area contributed by atoms with Gasteiger partial charge in [-0.25, -0.2) is 9.97 Å². The lowest BCUT2D eigenvalue weighted by atomic mass is 10.2. The molecule has 132 valence electrons. The van der Waals surface area contributed by atoms with Gasteiger partial charge in [-0.15, -0.1) is 22.7 Å². The van der Waals surface area contributed by atoms with Gasteiger partial charge in [0.15, 0.2) is 10.3 Å². The molecule has 4 heterocycles. The number of nitrogens with zero attached hydrogens (tertiary/aromatic N) is 4. The summed E-state index contributed by atoms with van der Waals surface area (Å²) in [5.74, 6) is -0.0638. The quantitative estimate of drug-likeness (QED) is 0.777. The highest BCUT2D eigenvalue weighted by Gasteiger charge is 2.44. The van der Waals surface area contributed by atoms with Crippen LogP contribution in [0.5, 0.6) is 0 Å². The molecule has 2 fully saturated rings. The molecule has 8 nitrogen and oxygen atoms in total. The first-order valence-corrected chi connectivity index (χ1v) is 9.80. The number of rotatable bonds is 6. The van der Waals surface area contributed by atoms with Crippen LogP contribution in [0.25, 0.3) is 0 Å². The topological polar surface area (TPSA) is 90.5 Å². The van der Waals surface area contributed by atoms with Crippen LogP contribution >= 0.6 is 22.7 Å². The maximum Gasteiger partial charge on any atom is 0.240 e. The van der Waals surface area contributed by atoms with E-state index in [1.807, 2.05) is 10.8 Å². The van der Waals surface area contributed by atoms with E-state index in [1.54, 1.807) is 12.4 Å². The third-order valence-corrected chi connectivity index (χ3v) is 5.90. The van der Waals surface area contributed by atoms with Gasteiger partial charge < -0.3 is 10.6 Å². The Labute approximate surface area is 152 Å². The summed E-state index contributed by atoms with van der Waals surface area (Å²) < 4.78 is 0. The first-order valence-electron chi connectivity index (χ1n) is 8.04. The Balaban J connectivity index is 1.24. The van der Waals surface area contributed by atoms with Gasteiger partial charge in [0.1, 0.15) is 0 Å². The van der Waals surface area contributed by atoms with Gasteiger partial charge in [-0.2, -0.15) is 0 Å². The summed E-state index contributed by atoms with van der Waals surface area (Å²) in [6, 6.07) is 0.666. The van der Waals surface area contributed by atoms with Crippen LogP contribution in [0.1, 0.15) is 6.42 Å². The fourth-order valence-electron chi connectivity index (χ4n) is 3.48. The molecule has 2 atom stereocenters. The number of likely N-dealkylation sites (tertiary alicyclic amines) is 2. The van der Waals surface area contributed by atoms with Crippen molar-refractivity contribution in [2.75, 3.05) is 36.8 Å². The third kappa shape index (κ3) is 3.87. The second-order valence-electron chi connectivity index (χ2n) is 6.17. The van der Waals surface area contributed by atoms with E-state index in [4.69, 9.17) is 0 Å². The van der Waals surface area contributed by atoms with E-state index < -0.39 is 0 Å². The first kappa shape index (κ1) is 16.6. The number of aromatic nitrogens is 2. The number of carbonyl (C=O) groups is 2. The van der Waals surface area contributed by atoms with Crippen LogP contribution in [0.4, 0.5) is 10.3 Å². The summed E-state index contributed by atoms with van der Waals surface area (Å²) in [7, 11) is 0. The van der Waals surface area contributed by atoms with E-state index in [1.165, 1.54) is 22.7 Å². The van der Waals surface area contributed by atoms with Crippen molar-refractivity contribution >= 4 is 44.8 Å². The van der Waals surface area contributed by atoms with Gasteiger partial charge in [0.2, 0.25) is 11.8 Å². The van der Waals surface area contributed by atoms with Crippen LogP contribution in [0.15, 0.2) is 23.2 Å². The number of carbonyl (C=O) groups excluding carboxylic acids is 2. The minimum atomic E-state index is -0.0319. The lowest BCUT2D eigenvalue weighted by molar-refractivity contribution is -0.120. The lowest BCUT2D eigenvalue weighted by Gasteiger charge is -2.33. The molecule has 2 saturated heterocycles. The Bertz CT molecular complexity index is 673. The van der Waals surface area contributed by atoms with Crippen molar-refractivity contribution in [1.82, 2.24) is 19.8 Å². The molecule has 2 aromatic heterocycles. The highest BCUT2D eigenvalue weighted by atomic mass is 32.1. The molecular formula is C15H18N6O2S2. The van der Waals surface area contributed by atoms with Gasteiger partial charge in [-0.05, 0) is 6.42 Å². The fraction of sp³-hybridized carbons (Fsp3) is 0.467. The summed E-state index contributed by atoms with van der Waals surface area (Å²) in [5.41, 5.74) is 0. The van der Waals surface area contributed by atoms with Gasteiger partial charge in [-0.3, -0.25) is 19.4 Å². The van der Waals surface area contributed by atoms with Crippen LogP contribution in [0, 0.1) is 0 Å². The van der Waals surface area contributed by atoms with E-state index in [0.717, 1.165) is 19.5 Å². The average molecular weight is 378 g/mol. The van der Waals surface area contributed by atoms with Crippen LogP contribution in [-0.4, -0.2) is 69.8 Å². The van der Waals surface area contributed by atoms with Crippen LogP contribution < -0.4 is 10.6 Å². The number of thiazole rings is 2. The molecule has 0 spiro atoms. The highest BCUT2D eigenvalue weighted by molar-refractivity contribution is 7.14. The Morgan fingerprint density at radius 3 is 1.80 bits per heavy atom. The number of nitrogens with one attached hydrogen (secondary N) is 2. The van der Waals surface area contributed by atoms with Gasteiger partial charge in [0.25, 0.3) is 0 Å². The van der Waals surface area contributed by atoms with Gasteiger partial charge in [0.05, 0.1) is 13.1 Å². The zero-order valence-electron chi connectivity index (χ0n) is 13.4. The van der Waals surface area contributed by atoms with E-state index >= 15 is 0 Å². The molecule has 25 heavy (non-hydrogen) atoms. The maximum atomic E-state index is 12.1. The van der Waals surface area contributed by atoms with E-state index in [0.29, 0.717) is 35.4 Å². The highest BCUT2D eigenvalue weighted by Crippen LogP contribution is 2.30. The van der Waals surface area contributed by atoms with Crippen molar-refractivity contribution in [1.29, 1.82) is 0 Å². The molecule has 2 aliphatic rings. The van der Waals surface area contributed by atoms with E-state index in [2.05, 4.69) is 30.4 Å². The van der Waals surface area contributed by atoms with Crippen molar-refractivity contribution in [3.05, 3.63) is 23.2 Å². The summed E-state index contributed by atoms with van der Waals surface area (Å²) in [5, 5.41) is 10.6. The SMILES string of the molecule is O=C(CN1C[C@@H]2C[C@H]1CN2CC(=O)Nc1nccs1)Nc1nccs1. The summed E-state index contributed by atoms with van der Waals surface area (Å²) in [4.78, 5) is 36.7. The zero-order chi connectivity index (χ0) is 17.2. The molecule has 0 radical (unpaired) electrons. The summed E-state index contributed by atoms with van der Waals surface area (Å²) in [6.45, 7) is 2.39. The Morgan fingerprint density at radius 1 is 0.960 bits per heavy atom. The summed E-state index contributed by atoms with van der Waals surface area (Å²) >= 11 is 2.83. The molecular weight excluding hydrogens is 360 g/mol. The normalized spacial score (nSPS) is 23.0. The van der Waals surface area contributed by atoms with Crippen molar-refractivity contribution in [2.45, 2.75) is 18.5 Å². The van der Waals surface area contributed by atoms with Crippen LogP contribution in [-0.2, 0) is 9.59 Å². The van der Waals surface area contributed by atoms with E-state index in [9.17, 15) is 9.59 Å². The smallest absolute Gasteiger partial charge is 0.240 e. The van der Waals surface area contributed by atoms with Gasteiger partial charge in [0, 0.05) is 48.3 Å². The van der Waals surface area contributed by atoms with E-state index in [-0.39, 0.29) is 11.8 Å². The number of hydrogen-bond donors (Lipinski definition) is 2. The van der Waals surface area contributed by atoms with Crippen molar-refractivity contribution in [3.8, 4) is 0 Å². The largest absolute Gasteiger partial charge is 0.301 e. The molecule has 2 N–H and O–H groups in total. The zero-order valence-corrected chi connectivity index (χ0v) is 15.1. The Hall–Kier alpha value is -1.88. The fourth-order valence-corrected chi connectivity index (χ4v) is 4.57. The molecule has 2 aromatic rings. The Morgan fingerprint density at radius 2 is 1.44 bits per heavy atom. The molecule has 0 unspecified atom stereocenters. The third-order valence-electron chi connectivity index (χ3n) is 4.52. The monoisotopic (exact) mass is 378 g/mol. The standard InChI is InChI=1S/C15H18N6O2S2/c22-12(18-14-16-1-3-24-14)8-20-6-11-5-10(20)7-21(11)9-13(23)19-15-17-2-4-25-15/h1-4,10-11H,5-9H2,(H,16,18,22)(H,17,19,23)/t10-,11-/m0/s1. The predicted octanol–water partition coefficient (Wildman–Crippen LogP) is 0.935. The predicted molar refractivity (Wildman–Crippen MR) is 96.8 cm³/mol. The van der Waals surface area contributed by atoms with Crippen LogP contribution in [0.3, 0.4) is 0 Å². The van der Waals surface area contributed by atoms with Crippen molar-refractivity contribution < 1.29 is 9.59 Å². The number of fused-ring (bicyclic) bond motifs is 2. The molecule has 2 bridgehead atoms. The van der Waals surface area contributed by atoms with Crippen molar-refractivity contribution in [2.24, 2.45) is 0 Å². The second kappa shape index (κ2) is 7.16. The lowest BCUT2D eigenvalue weighted by Crippen LogP contribution is -2.50. The second-order valence-corrected chi connectivity index (χ2v) is 7.96. The molecule has 0 saturated carbocycles. The minimum absolute atomic E-state index is 0.0319. The maximum absolute atomic E-state index is 12.1. The van der Waals surface area contributed by atoms with Gasteiger partial charge >= 0.3 is 0 Å². The molecule has 10 heteroatoms. The molecule has 2 amide bonds. The first-order chi connectivity index (χ1) is 12.2.